The lowest BCUT2D eigenvalue weighted by molar-refractivity contribution is 0.340. The van der Waals surface area contributed by atoms with Gasteiger partial charge in [-0.15, -0.1) is 5.11 Å². The maximum absolute atomic E-state index is 12.6. The SMILES string of the molecule is CCCCCCCCCCCCCCc1ccc(N=Nc2c(C)cc(=O)n(CC(CC)CCCC)c2O)cc1. The predicted molar refractivity (Wildman–Crippen MR) is 166 cm³/mol. The van der Waals surface area contributed by atoms with Gasteiger partial charge >= 0.3 is 0 Å². The van der Waals surface area contributed by atoms with Crippen molar-refractivity contribution in [3.63, 3.8) is 0 Å². The summed E-state index contributed by atoms with van der Waals surface area (Å²) in [4.78, 5) is 12.6. The average Bonchev–Trinajstić information content (AvgIpc) is 2.93. The van der Waals surface area contributed by atoms with Gasteiger partial charge in [0, 0.05) is 12.6 Å². The first-order chi connectivity index (χ1) is 19.0. The first-order valence-corrected chi connectivity index (χ1v) is 15.9. The summed E-state index contributed by atoms with van der Waals surface area (Å²) in [5.41, 5.74) is 2.91. The molecule has 0 aliphatic carbocycles. The monoisotopic (exact) mass is 537 g/mol. The first-order valence-electron chi connectivity index (χ1n) is 15.9. The number of aryl methyl sites for hydroxylation is 2. The fraction of sp³-hybridized carbons (Fsp3) is 0.676. The third kappa shape index (κ3) is 12.5. The summed E-state index contributed by atoms with van der Waals surface area (Å²) >= 11 is 0. The minimum atomic E-state index is -0.180. The van der Waals surface area contributed by atoms with Crippen LogP contribution in [0.15, 0.2) is 45.4 Å². The van der Waals surface area contributed by atoms with Crippen molar-refractivity contribution in [2.45, 2.75) is 143 Å². The second kappa shape index (κ2) is 19.6. The molecule has 5 heteroatoms. The Morgan fingerprint density at radius 2 is 1.33 bits per heavy atom. The van der Waals surface area contributed by atoms with Crippen molar-refractivity contribution >= 4 is 11.4 Å². The number of azo groups is 1. The number of hydrogen-bond acceptors (Lipinski definition) is 4. The third-order valence-corrected chi connectivity index (χ3v) is 7.95. The maximum atomic E-state index is 12.6. The molecule has 1 unspecified atom stereocenters. The van der Waals surface area contributed by atoms with Crippen LogP contribution in [0.1, 0.15) is 135 Å². The Labute approximate surface area is 238 Å². The van der Waals surface area contributed by atoms with Crippen LogP contribution in [-0.2, 0) is 13.0 Å². The number of unbranched alkanes of at least 4 members (excludes halogenated alkanes) is 12. The Hall–Kier alpha value is -2.43. The summed E-state index contributed by atoms with van der Waals surface area (Å²) < 4.78 is 1.46. The van der Waals surface area contributed by atoms with Gasteiger partial charge in [0.05, 0.1) is 5.69 Å². The Morgan fingerprint density at radius 3 is 1.90 bits per heavy atom. The van der Waals surface area contributed by atoms with E-state index in [9.17, 15) is 9.90 Å². The van der Waals surface area contributed by atoms with E-state index in [-0.39, 0.29) is 11.4 Å². The third-order valence-electron chi connectivity index (χ3n) is 7.95. The van der Waals surface area contributed by atoms with Crippen LogP contribution < -0.4 is 5.56 Å². The summed E-state index contributed by atoms with van der Waals surface area (Å²) in [6, 6.07) is 9.78. The Kier molecular flexibility index (Phi) is 16.5. The molecular weight excluding hydrogens is 482 g/mol. The molecule has 2 aromatic rings. The minimum absolute atomic E-state index is 0.0812. The van der Waals surface area contributed by atoms with Gasteiger partial charge in [0.15, 0.2) is 0 Å². The molecule has 218 valence electrons. The van der Waals surface area contributed by atoms with E-state index in [4.69, 9.17) is 0 Å². The smallest absolute Gasteiger partial charge is 0.253 e. The number of nitrogens with zero attached hydrogens (tertiary/aromatic N) is 3. The molecule has 1 aromatic heterocycles. The highest BCUT2D eigenvalue weighted by molar-refractivity contribution is 5.53. The van der Waals surface area contributed by atoms with Crippen LogP contribution in [0, 0.1) is 12.8 Å². The van der Waals surface area contributed by atoms with Crippen LogP contribution >= 0.6 is 0 Å². The highest BCUT2D eigenvalue weighted by Gasteiger charge is 2.16. The number of pyridine rings is 1. The van der Waals surface area contributed by atoms with Crippen LogP contribution in [0.3, 0.4) is 0 Å². The first kappa shape index (κ1) is 32.8. The van der Waals surface area contributed by atoms with Gasteiger partial charge in [-0.05, 0) is 55.4 Å². The van der Waals surface area contributed by atoms with E-state index in [2.05, 4.69) is 43.1 Å². The number of rotatable bonds is 21. The summed E-state index contributed by atoms with van der Waals surface area (Å²) in [5.74, 6) is 0.279. The van der Waals surface area contributed by atoms with Crippen molar-refractivity contribution in [2.75, 3.05) is 0 Å². The fourth-order valence-corrected chi connectivity index (χ4v) is 5.22. The molecule has 5 nitrogen and oxygen atoms in total. The van der Waals surface area contributed by atoms with Gasteiger partial charge in [-0.25, -0.2) is 0 Å². The van der Waals surface area contributed by atoms with Crippen LogP contribution in [-0.4, -0.2) is 9.67 Å². The quantitative estimate of drug-likeness (QED) is 0.127. The van der Waals surface area contributed by atoms with Crippen molar-refractivity contribution in [3.8, 4) is 5.88 Å². The van der Waals surface area contributed by atoms with Crippen LogP contribution in [0.25, 0.3) is 0 Å². The maximum Gasteiger partial charge on any atom is 0.253 e. The van der Waals surface area contributed by atoms with Crippen molar-refractivity contribution in [3.05, 3.63) is 51.8 Å². The second-order valence-electron chi connectivity index (χ2n) is 11.4. The van der Waals surface area contributed by atoms with Crippen LogP contribution in [0.5, 0.6) is 5.88 Å². The average molecular weight is 538 g/mol. The molecule has 0 aliphatic rings. The van der Waals surface area contributed by atoms with Crippen LogP contribution in [0.2, 0.25) is 0 Å². The van der Waals surface area contributed by atoms with E-state index in [0.29, 0.717) is 23.7 Å². The molecule has 0 aliphatic heterocycles. The van der Waals surface area contributed by atoms with E-state index in [1.165, 1.54) is 87.2 Å². The predicted octanol–water partition coefficient (Wildman–Crippen LogP) is 10.7. The van der Waals surface area contributed by atoms with E-state index in [1.807, 2.05) is 12.1 Å². The number of hydrogen-bond donors (Lipinski definition) is 1. The van der Waals surface area contributed by atoms with Crippen molar-refractivity contribution < 1.29 is 5.11 Å². The molecule has 0 fully saturated rings. The Bertz CT molecular complexity index is 1010. The van der Waals surface area contributed by atoms with E-state index >= 15 is 0 Å². The summed E-state index contributed by atoms with van der Waals surface area (Å²) in [6.07, 6.45) is 21.8. The molecular formula is C34H55N3O2. The lowest BCUT2D eigenvalue weighted by Crippen LogP contribution is -2.23. The largest absolute Gasteiger partial charge is 0.493 e. The van der Waals surface area contributed by atoms with Gasteiger partial charge in [-0.2, -0.15) is 5.11 Å². The van der Waals surface area contributed by atoms with Crippen LogP contribution in [0.4, 0.5) is 11.4 Å². The van der Waals surface area contributed by atoms with Gasteiger partial charge < -0.3 is 5.11 Å². The number of aromatic nitrogens is 1. The second-order valence-corrected chi connectivity index (χ2v) is 11.4. The van der Waals surface area contributed by atoms with Gasteiger partial charge in [0.1, 0.15) is 5.69 Å². The minimum Gasteiger partial charge on any atom is -0.493 e. The zero-order valence-corrected chi connectivity index (χ0v) is 25.4. The van der Waals surface area contributed by atoms with Crippen molar-refractivity contribution in [2.24, 2.45) is 16.1 Å². The Morgan fingerprint density at radius 1 is 0.769 bits per heavy atom. The molecule has 0 amide bonds. The molecule has 0 radical (unpaired) electrons. The molecule has 0 saturated carbocycles. The molecule has 1 N–H and O–H groups in total. The van der Waals surface area contributed by atoms with Gasteiger partial charge in [-0.1, -0.05) is 123 Å². The fourth-order valence-electron chi connectivity index (χ4n) is 5.22. The van der Waals surface area contributed by atoms with Gasteiger partial charge in [0.2, 0.25) is 5.88 Å². The molecule has 0 spiro atoms. The van der Waals surface area contributed by atoms with E-state index in [0.717, 1.165) is 37.8 Å². The highest BCUT2D eigenvalue weighted by Crippen LogP contribution is 2.31. The summed E-state index contributed by atoms with van der Waals surface area (Å²) in [5, 5.41) is 19.6. The summed E-state index contributed by atoms with van der Waals surface area (Å²) in [7, 11) is 0. The van der Waals surface area contributed by atoms with Gasteiger partial charge in [0.25, 0.3) is 5.56 Å². The molecule has 1 atom stereocenters. The lowest BCUT2D eigenvalue weighted by atomic mass is 9.99. The normalized spacial score (nSPS) is 12.4. The lowest BCUT2D eigenvalue weighted by Gasteiger charge is -2.18. The van der Waals surface area contributed by atoms with E-state index in [1.54, 1.807) is 13.0 Å². The molecule has 1 heterocycles. The zero-order chi connectivity index (χ0) is 28.3. The topological polar surface area (TPSA) is 67.0 Å². The van der Waals surface area contributed by atoms with Crippen molar-refractivity contribution in [1.29, 1.82) is 0 Å². The summed E-state index contributed by atoms with van der Waals surface area (Å²) in [6.45, 7) is 8.90. The highest BCUT2D eigenvalue weighted by atomic mass is 16.3. The molecule has 2 rings (SSSR count). The molecule has 1 aromatic carbocycles. The molecule has 39 heavy (non-hydrogen) atoms. The zero-order valence-electron chi connectivity index (χ0n) is 25.4. The van der Waals surface area contributed by atoms with Gasteiger partial charge in [-0.3, -0.25) is 9.36 Å². The van der Waals surface area contributed by atoms with E-state index < -0.39 is 0 Å². The standard InChI is InChI=1S/C34H55N3O2/c1-5-8-10-11-12-13-14-15-16-17-18-19-21-30-22-24-31(25-23-30)35-36-33-28(4)26-32(38)37(34(33)39)27-29(7-3)20-9-6-2/h22-26,29,39H,5-21,27H2,1-4H3. The molecule has 0 saturated heterocycles. The number of benzene rings is 1. The number of aromatic hydroxyl groups is 1. The van der Waals surface area contributed by atoms with Crippen molar-refractivity contribution in [1.82, 2.24) is 4.57 Å². The Balaban J connectivity index is 1.79. The molecule has 0 bridgehead atoms.